The topological polar surface area (TPSA) is 114 Å². The molecule has 2 aromatic carbocycles. The predicted octanol–water partition coefficient (Wildman–Crippen LogP) is 3.43. The molecule has 0 saturated carbocycles. The van der Waals surface area contributed by atoms with E-state index in [4.69, 9.17) is 4.42 Å². The first-order valence-corrected chi connectivity index (χ1v) is 8.39. The summed E-state index contributed by atoms with van der Waals surface area (Å²) in [7, 11) is 0. The number of amides is 2. The number of hydrogen-bond acceptors (Lipinski definition) is 4. The molecule has 2 aromatic heterocycles. The van der Waals surface area contributed by atoms with Crippen molar-refractivity contribution in [3.05, 3.63) is 66.1 Å². The summed E-state index contributed by atoms with van der Waals surface area (Å²) in [5, 5.41) is 13.4. The van der Waals surface area contributed by atoms with Gasteiger partial charge in [-0.15, -0.1) is 0 Å². The molecule has 8 nitrogen and oxygen atoms in total. The smallest absolute Gasteiger partial charge is 0.354 e. The van der Waals surface area contributed by atoms with Crippen molar-refractivity contribution in [2.75, 3.05) is 10.7 Å². The Balaban J connectivity index is 1.69. The first-order chi connectivity index (χ1) is 13.4. The van der Waals surface area contributed by atoms with E-state index in [2.05, 4.69) is 10.7 Å². The number of benzene rings is 2. The normalized spacial score (nSPS) is 10.9. The molecule has 0 spiro atoms. The zero-order valence-corrected chi connectivity index (χ0v) is 14.7. The number of anilines is 1. The molecule has 0 aliphatic carbocycles. The minimum atomic E-state index is -1.17. The van der Waals surface area contributed by atoms with Crippen molar-refractivity contribution in [3.8, 4) is 0 Å². The van der Waals surface area contributed by atoms with Gasteiger partial charge in [0.05, 0.1) is 5.52 Å². The Labute approximate surface area is 158 Å². The van der Waals surface area contributed by atoms with Crippen LogP contribution >= 0.6 is 0 Å². The third-order valence-corrected chi connectivity index (χ3v) is 4.20. The predicted molar refractivity (Wildman–Crippen MR) is 103 cm³/mol. The fourth-order valence-corrected chi connectivity index (χ4v) is 3.03. The standard InChI is InChI=1S/C20H15N3O5/c1-11(24)21-14-6-7-17-13(8-14)10-18(28-17)19(25)22-23-15-5-3-2-4-12(15)9-16(23)20(26)27/h2-10H,1H3,(H,21,24)(H,22,25)(H,26,27). The van der Waals surface area contributed by atoms with Crippen LogP contribution in [0.25, 0.3) is 21.9 Å². The lowest BCUT2D eigenvalue weighted by Gasteiger charge is -2.08. The summed E-state index contributed by atoms with van der Waals surface area (Å²) in [6, 6.07) is 15.0. The van der Waals surface area contributed by atoms with Crippen molar-refractivity contribution in [1.82, 2.24) is 4.68 Å². The van der Waals surface area contributed by atoms with E-state index in [0.29, 0.717) is 27.6 Å². The maximum Gasteiger partial charge on any atom is 0.354 e. The van der Waals surface area contributed by atoms with Crippen LogP contribution in [0, 0.1) is 0 Å². The van der Waals surface area contributed by atoms with Gasteiger partial charge in [0.2, 0.25) is 5.91 Å². The van der Waals surface area contributed by atoms with Crippen molar-refractivity contribution >= 4 is 45.3 Å². The summed E-state index contributed by atoms with van der Waals surface area (Å²) in [5.41, 5.74) is 4.10. The van der Waals surface area contributed by atoms with E-state index in [1.54, 1.807) is 42.5 Å². The lowest BCUT2D eigenvalue weighted by atomic mass is 10.2. The molecule has 0 atom stereocenters. The monoisotopic (exact) mass is 377 g/mol. The molecule has 28 heavy (non-hydrogen) atoms. The second kappa shape index (κ2) is 6.58. The van der Waals surface area contributed by atoms with Crippen molar-refractivity contribution in [2.24, 2.45) is 0 Å². The van der Waals surface area contributed by atoms with Gasteiger partial charge in [0.25, 0.3) is 0 Å². The molecule has 0 aliphatic heterocycles. The molecule has 8 heteroatoms. The number of carboxylic acids is 1. The van der Waals surface area contributed by atoms with Gasteiger partial charge < -0.3 is 14.8 Å². The molecule has 4 rings (SSSR count). The second-order valence-corrected chi connectivity index (χ2v) is 6.21. The maximum atomic E-state index is 12.7. The van der Waals surface area contributed by atoms with Crippen molar-refractivity contribution in [3.63, 3.8) is 0 Å². The molecule has 0 saturated heterocycles. The maximum absolute atomic E-state index is 12.7. The molecule has 0 unspecified atom stereocenters. The zero-order chi connectivity index (χ0) is 19.8. The lowest BCUT2D eigenvalue weighted by molar-refractivity contribution is -0.114. The number of para-hydroxylation sites is 1. The van der Waals surface area contributed by atoms with Crippen LogP contribution in [0.5, 0.6) is 0 Å². The molecule has 3 N–H and O–H groups in total. The van der Waals surface area contributed by atoms with Gasteiger partial charge in [-0.05, 0) is 36.4 Å². The third kappa shape index (κ3) is 3.07. The van der Waals surface area contributed by atoms with E-state index < -0.39 is 11.9 Å². The van der Waals surface area contributed by atoms with Crippen LogP contribution in [0.4, 0.5) is 5.69 Å². The van der Waals surface area contributed by atoms with Crippen LogP contribution in [0.1, 0.15) is 28.0 Å². The van der Waals surface area contributed by atoms with E-state index in [0.717, 1.165) is 0 Å². The van der Waals surface area contributed by atoms with Crippen molar-refractivity contribution in [1.29, 1.82) is 0 Å². The summed E-state index contributed by atoms with van der Waals surface area (Å²) in [6.45, 7) is 1.40. The summed E-state index contributed by atoms with van der Waals surface area (Å²) >= 11 is 0. The Hall–Kier alpha value is -4.07. The highest BCUT2D eigenvalue weighted by atomic mass is 16.4. The van der Waals surface area contributed by atoms with Gasteiger partial charge in [-0.1, -0.05) is 18.2 Å². The Bertz CT molecular complexity index is 1250. The molecule has 2 amide bonds. The molecule has 4 aromatic rings. The molecule has 140 valence electrons. The van der Waals surface area contributed by atoms with Gasteiger partial charge in [-0.3, -0.25) is 15.0 Å². The fourth-order valence-electron chi connectivity index (χ4n) is 3.03. The average Bonchev–Trinajstić information content (AvgIpc) is 3.23. The van der Waals surface area contributed by atoms with Crippen LogP contribution in [0.15, 0.2) is 59.0 Å². The van der Waals surface area contributed by atoms with Crippen LogP contribution < -0.4 is 10.7 Å². The number of rotatable bonds is 4. The van der Waals surface area contributed by atoms with Crippen molar-refractivity contribution in [2.45, 2.75) is 6.92 Å². The molecule has 0 bridgehead atoms. The zero-order valence-electron chi connectivity index (χ0n) is 14.7. The average molecular weight is 377 g/mol. The van der Waals surface area contributed by atoms with Crippen LogP contribution in [-0.4, -0.2) is 27.6 Å². The number of nitrogens with one attached hydrogen (secondary N) is 2. The van der Waals surface area contributed by atoms with Gasteiger partial charge in [-0.2, -0.15) is 0 Å². The van der Waals surface area contributed by atoms with Gasteiger partial charge in [0.15, 0.2) is 5.76 Å². The largest absolute Gasteiger partial charge is 0.477 e. The number of aromatic carboxylic acids is 1. The van der Waals surface area contributed by atoms with Crippen LogP contribution in [-0.2, 0) is 4.79 Å². The lowest BCUT2D eigenvalue weighted by Crippen LogP contribution is -2.25. The summed E-state index contributed by atoms with van der Waals surface area (Å²) in [6.07, 6.45) is 0. The number of hydrogen-bond donors (Lipinski definition) is 3. The highest BCUT2D eigenvalue weighted by molar-refractivity contribution is 6.04. The number of fused-ring (bicyclic) bond motifs is 2. The Morgan fingerprint density at radius 2 is 1.79 bits per heavy atom. The van der Waals surface area contributed by atoms with Gasteiger partial charge in [-0.25, -0.2) is 9.47 Å². The number of carboxylic acid groups (broad SMARTS) is 1. The minimum Gasteiger partial charge on any atom is -0.477 e. The molecule has 0 radical (unpaired) electrons. The van der Waals surface area contributed by atoms with E-state index in [1.807, 2.05) is 0 Å². The number of aromatic nitrogens is 1. The Morgan fingerprint density at radius 3 is 2.54 bits per heavy atom. The SMILES string of the molecule is CC(=O)Nc1ccc2oc(C(=O)Nn3c(C(=O)O)cc4ccccc43)cc2c1. The quantitative estimate of drug-likeness (QED) is 0.504. The van der Waals surface area contributed by atoms with Crippen LogP contribution in [0.2, 0.25) is 0 Å². The molecular weight excluding hydrogens is 362 g/mol. The first-order valence-electron chi connectivity index (χ1n) is 8.39. The minimum absolute atomic E-state index is 0.0177. The molecule has 0 fully saturated rings. The van der Waals surface area contributed by atoms with E-state index >= 15 is 0 Å². The van der Waals surface area contributed by atoms with E-state index in [9.17, 15) is 19.5 Å². The highest BCUT2D eigenvalue weighted by Gasteiger charge is 2.19. The summed E-state index contributed by atoms with van der Waals surface area (Å²) in [4.78, 5) is 35.4. The molecule has 2 heterocycles. The van der Waals surface area contributed by atoms with Gasteiger partial charge >= 0.3 is 11.9 Å². The fraction of sp³-hybridized carbons (Fsp3) is 0.0500. The third-order valence-electron chi connectivity index (χ3n) is 4.20. The Kier molecular flexibility index (Phi) is 4.08. The summed E-state index contributed by atoms with van der Waals surface area (Å²) < 4.78 is 6.78. The second-order valence-electron chi connectivity index (χ2n) is 6.21. The number of carbonyl (C=O) groups excluding carboxylic acids is 2. The first kappa shape index (κ1) is 17.3. The van der Waals surface area contributed by atoms with E-state index in [-0.39, 0.29) is 17.4 Å². The summed E-state index contributed by atoms with van der Waals surface area (Å²) in [5.74, 6) is -1.95. The number of nitrogens with zero attached hydrogens (tertiary/aromatic N) is 1. The molecular formula is C20H15N3O5. The van der Waals surface area contributed by atoms with Gasteiger partial charge in [0.1, 0.15) is 11.3 Å². The van der Waals surface area contributed by atoms with E-state index in [1.165, 1.54) is 23.7 Å². The van der Waals surface area contributed by atoms with Crippen molar-refractivity contribution < 1.29 is 23.9 Å². The van der Waals surface area contributed by atoms with Gasteiger partial charge in [0, 0.05) is 23.4 Å². The highest BCUT2D eigenvalue weighted by Crippen LogP contribution is 2.24. The Morgan fingerprint density at radius 1 is 1.00 bits per heavy atom. The molecule has 0 aliphatic rings. The van der Waals surface area contributed by atoms with Crippen LogP contribution in [0.3, 0.4) is 0 Å². The number of furan rings is 1. The number of carbonyl (C=O) groups is 3.